The molecule has 176 valence electrons. The zero-order valence-electron chi connectivity index (χ0n) is 20.3. The van der Waals surface area contributed by atoms with Crippen molar-refractivity contribution in [3.05, 3.63) is 65.5 Å². The Hall–Kier alpha value is -2.70. The highest BCUT2D eigenvalue weighted by molar-refractivity contribution is 5.78. The number of carbonyl (C=O) groups excluding carboxylic acids is 1. The standard InChI is InChI=1S/C27H36N4O2/c1-19(2)31-24-13-8-7-12-23(24)29-27(31)25-14-9-15-30(25)17-26(32)28-16-21-10-5-6-11-22(21)18-33-20(3)4/h5-8,10-13,19-20,25H,9,14-18H2,1-4H3,(H,28,32)/t25-/m0/s1. The van der Waals surface area contributed by atoms with Gasteiger partial charge in [0.05, 0.1) is 36.3 Å². The van der Waals surface area contributed by atoms with E-state index in [1.807, 2.05) is 32.0 Å². The minimum absolute atomic E-state index is 0.0497. The number of benzene rings is 2. The Labute approximate surface area is 196 Å². The molecule has 0 radical (unpaired) electrons. The van der Waals surface area contributed by atoms with E-state index in [2.05, 4.69) is 59.0 Å². The minimum Gasteiger partial charge on any atom is -0.374 e. The van der Waals surface area contributed by atoms with E-state index in [0.29, 0.717) is 25.7 Å². The molecule has 3 aromatic rings. The van der Waals surface area contributed by atoms with Gasteiger partial charge in [0.25, 0.3) is 0 Å². The number of fused-ring (bicyclic) bond motifs is 1. The molecule has 4 rings (SSSR count). The van der Waals surface area contributed by atoms with Crippen LogP contribution in [0.1, 0.15) is 69.6 Å². The number of ether oxygens (including phenoxy) is 1. The fraction of sp³-hybridized carbons (Fsp3) is 0.481. The average Bonchev–Trinajstić information content (AvgIpc) is 3.40. The fourth-order valence-electron chi connectivity index (χ4n) is 4.71. The maximum Gasteiger partial charge on any atom is 0.234 e. The quantitative estimate of drug-likeness (QED) is 0.501. The minimum atomic E-state index is 0.0497. The molecule has 1 fully saturated rings. The topological polar surface area (TPSA) is 59.4 Å². The van der Waals surface area contributed by atoms with Gasteiger partial charge >= 0.3 is 0 Å². The molecule has 1 saturated heterocycles. The number of imidazole rings is 1. The number of rotatable bonds is 9. The molecule has 1 amide bonds. The number of nitrogens with one attached hydrogen (secondary N) is 1. The molecule has 0 saturated carbocycles. The molecule has 0 bridgehead atoms. The summed E-state index contributed by atoms with van der Waals surface area (Å²) in [6, 6.07) is 16.9. The van der Waals surface area contributed by atoms with Crippen LogP contribution >= 0.6 is 0 Å². The number of hydrogen-bond donors (Lipinski definition) is 1. The van der Waals surface area contributed by atoms with Crippen LogP contribution in [0.25, 0.3) is 11.0 Å². The molecular formula is C27H36N4O2. The van der Waals surface area contributed by atoms with Crippen molar-refractivity contribution in [2.24, 2.45) is 0 Å². The van der Waals surface area contributed by atoms with Crippen LogP contribution in [0.15, 0.2) is 48.5 Å². The molecule has 2 heterocycles. The van der Waals surface area contributed by atoms with Gasteiger partial charge in [-0.25, -0.2) is 4.98 Å². The van der Waals surface area contributed by atoms with E-state index in [0.717, 1.165) is 41.9 Å². The number of carbonyl (C=O) groups is 1. The number of nitrogens with zero attached hydrogens (tertiary/aromatic N) is 3. The third-order valence-electron chi connectivity index (χ3n) is 6.31. The predicted octanol–water partition coefficient (Wildman–Crippen LogP) is 5.00. The molecule has 33 heavy (non-hydrogen) atoms. The van der Waals surface area contributed by atoms with Gasteiger partial charge in [-0.3, -0.25) is 9.69 Å². The van der Waals surface area contributed by atoms with Gasteiger partial charge in [0.2, 0.25) is 5.91 Å². The Morgan fingerprint density at radius 3 is 2.58 bits per heavy atom. The van der Waals surface area contributed by atoms with Gasteiger partial charge in [0.15, 0.2) is 0 Å². The molecule has 0 spiro atoms. The number of para-hydroxylation sites is 2. The normalized spacial score (nSPS) is 16.8. The summed E-state index contributed by atoms with van der Waals surface area (Å²) in [5, 5.41) is 3.13. The number of aromatic nitrogens is 2. The van der Waals surface area contributed by atoms with Crippen molar-refractivity contribution >= 4 is 16.9 Å². The Morgan fingerprint density at radius 1 is 1.09 bits per heavy atom. The van der Waals surface area contributed by atoms with Gasteiger partial charge in [-0.1, -0.05) is 36.4 Å². The summed E-state index contributed by atoms with van der Waals surface area (Å²) in [4.78, 5) is 20.2. The van der Waals surface area contributed by atoms with Crippen molar-refractivity contribution in [3.63, 3.8) is 0 Å². The molecule has 2 aromatic carbocycles. The average molecular weight is 449 g/mol. The van der Waals surface area contributed by atoms with Gasteiger partial charge < -0.3 is 14.6 Å². The Kier molecular flexibility index (Phi) is 7.46. The molecule has 6 nitrogen and oxygen atoms in total. The lowest BCUT2D eigenvalue weighted by molar-refractivity contribution is -0.122. The van der Waals surface area contributed by atoms with Crippen LogP contribution < -0.4 is 5.32 Å². The number of amides is 1. The second-order valence-corrected chi connectivity index (χ2v) is 9.46. The second-order valence-electron chi connectivity index (χ2n) is 9.46. The maximum absolute atomic E-state index is 12.9. The van der Waals surface area contributed by atoms with Crippen LogP contribution in [0.2, 0.25) is 0 Å². The molecule has 1 aromatic heterocycles. The van der Waals surface area contributed by atoms with E-state index in [-0.39, 0.29) is 18.1 Å². The first-order valence-electron chi connectivity index (χ1n) is 12.1. The van der Waals surface area contributed by atoms with Crippen molar-refractivity contribution in [2.75, 3.05) is 13.1 Å². The first kappa shape index (κ1) is 23.5. The first-order valence-corrected chi connectivity index (χ1v) is 12.1. The highest BCUT2D eigenvalue weighted by atomic mass is 16.5. The molecule has 1 atom stereocenters. The maximum atomic E-state index is 12.9. The Morgan fingerprint density at radius 2 is 1.82 bits per heavy atom. The Balaban J connectivity index is 1.43. The van der Waals surface area contributed by atoms with Crippen LogP contribution in [-0.2, 0) is 22.7 Å². The van der Waals surface area contributed by atoms with Crippen molar-refractivity contribution < 1.29 is 9.53 Å². The predicted molar refractivity (Wildman–Crippen MR) is 132 cm³/mol. The summed E-state index contributed by atoms with van der Waals surface area (Å²) < 4.78 is 8.11. The van der Waals surface area contributed by atoms with Gasteiger partial charge in [0.1, 0.15) is 5.82 Å². The monoisotopic (exact) mass is 448 g/mol. The van der Waals surface area contributed by atoms with Crippen LogP contribution in [0, 0.1) is 0 Å². The van der Waals surface area contributed by atoms with Crippen molar-refractivity contribution in [1.29, 1.82) is 0 Å². The SMILES string of the molecule is CC(C)OCc1ccccc1CNC(=O)CN1CCC[C@H]1c1nc2ccccc2n1C(C)C. The zero-order chi connectivity index (χ0) is 23.4. The van der Waals surface area contributed by atoms with E-state index in [1.165, 1.54) is 5.52 Å². The first-order chi connectivity index (χ1) is 15.9. The van der Waals surface area contributed by atoms with Crippen LogP contribution in [0.4, 0.5) is 0 Å². The van der Waals surface area contributed by atoms with Crippen molar-refractivity contribution in [3.8, 4) is 0 Å². The smallest absolute Gasteiger partial charge is 0.234 e. The van der Waals surface area contributed by atoms with Crippen LogP contribution in [-0.4, -0.2) is 39.6 Å². The summed E-state index contributed by atoms with van der Waals surface area (Å²) in [5.74, 6) is 1.13. The lowest BCUT2D eigenvalue weighted by atomic mass is 10.1. The van der Waals surface area contributed by atoms with Gasteiger partial charge in [-0.05, 0) is 70.3 Å². The number of hydrogen-bond acceptors (Lipinski definition) is 4. The lowest BCUT2D eigenvalue weighted by Gasteiger charge is -2.25. The largest absolute Gasteiger partial charge is 0.374 e. The van der Waals surface area contributed by atoms with Gasteiger partial charge in [0, 0.05) is 12.6 Å². The molecule has 1 aliphatic rings. The summed E-state index contributed by atoms with van der Waals surface area (Å²) in [7, 11) is 0. The summed E-state index contributed by atoms with van der Waals surface area (Å²) in [5.41, 5.74) is 4.42. The molecule has 1 N–H and O–H groups in total. The fourth-order valence-corrected chi connectivity index (χ4v) is 4.71. The highest BCUT2D eigenvalue weighted by Gasteiger charge is 2.32. The summed E-state index contributed by atoms with van der Waals surface area (Å²) in [6.07, 6.45) is 2.28. The van der Waals surface area contributed by atoms with E-state index >= 15 is 0 Å². The molecule has 6 heteroatoms. The Bertz CT molecular complexity index is 1090. The molecule has 0 aliphatic carbocycles. The van der Waals surface area contributed by atoms with Crippen LogP contribution in [0.5, 0.6) is 0 Å². The van der Waals surface area contributed by atoms with Gasteiger partial charge in [-0.2, -0.15) is 0 Å². The van der Waals surface area contributed by atoms with Crippen molar-refractivity contribution in [2.45, 2.75) is 71.9 Å². The van der Waals surface area contributed by atoms with E-state index in [1.54, 1.807) is 0 Å². The van der Waals surface area contributed by atoms with Gasteiger partial charge in [-0.15, -0.1) is 0 Å². The third-order valence-corrected chi connectivity index (χ3v) is 6.31. The van der Waals surface area contributed by atoms with E-state index in [9.17, 15) is 4.79 Å². The molecule has 1 aliphatic heterocycles. The zero-order valence-corrected chi connectivity index (χ0v) is 20.3. The van der Waals surface area contributed by atoms with Crippen molar-refractivity contribution in [1.82, 2.24) is 19.8 Å². The van der Waals surface area contributed by atoms with Crippen LogP contribution in [0.3, 0.4) is 0 Å². The highest BCUT2D eigenvalue weighted by Crippen LogP contribution is 2.34. The second kappa shape index (κ2) is 10.5. The molecular weight excluding hydrogens is 412 g/mol. The summed E-state index contributed by atoms with van der Waals surface area (Å²) in [6.45, 7) is 10.8. The third kappa shape index (κ3) is 5.45. The van der Waals surface area contributed by atoms with E-state index < -0.39 is 0 Å². The van der Waals surface area contributed by atoms with E-state index in [4.69, 9.17) is 9.72 Å². The lowest BCUT2D eigenvalue weighted by Crippen LogP contribution is -2.37. The molecule has 0 unspecified atom stereocenters. The summed E-state index contributed by atoms with van der Waals surface area (Å²) >= 11 is 0. The number of likely N-dealkylation sites (tertiary alicyclic amines) is 1.